The van der Waals surface area contributed by atoms with Gasteiger partial charge in [0.2, 0.25) is 5.88 Å². The summed E-state index contributed by atoms with van der Waals surface area (Å²) in [4.78, 5) is 4.25. The number of anilines is 1. The lowest BCUT2D eigenvalue weighted by atomic mass is 10.0. The molecule has 0 spiro atoms. The summed E-state index contributed by atoms with van der Waals surface area (Å²) in [6, 6.07) is 14.1. The summed E-state index contributed by atoms with van der Waals surface area (Å²) in [5.74, 6) is 0.133. The Morgan fingerprint density at radius 1 is 1.17 bits per heavy atom. The summed E-state index contributed by atoms with van der Waals surface area (Å²) in [7, 11) is 0. The summed E-state index contributed by atoms with van der Waals surface area (Å²) in [5, 5.41) is 3.27. The van der Waals surface area contributed by atoms with Crippen molar-refractivity contribution in [2.24, 2.45) is 0 Å². The van der Waals surface area contributed by atoms with E-state index in [2.05, 4.69) is 10.3 Å². The molecule has 1 aliphatic rings. The van der Waals surface area contributed by atoms with Crippen LogP contribution in [0.15, 0.2) is 48.5 Å². The number of hydrogen-bond acceptors (Lipinski definition) is 4. The molecule has 1 aromatic heterocycles. The molecular weight excluding hydrogens is 381 g/mol. The highest BCUT2D eigenvalue weighted by molar-refractivity contribution is 5.95. The van der Waals surface area contributed by atoms with Gasteiger partial charge in [-0.05, 0) is 38.0 Å². The Balaban J connectivity index is 1.73. The van der Waals surface area contributed by atoms with Crippen LogP contribution in [0.1, 0.15) is 25.0 Å². The van der Waals surface area contributed by atoms with E-state index in [0.717, 1.165) is 11.6 Å². The predicted molar refractivity (Wildman–Crippen MR) is 106 cm³/mol. The van der Waals surface area contributed by atoms with Gasteiger partial charge in [-0.15, -0.1) is 0 Å². The number of pyridine rings is 1. The summed E-state index contributed by atoms with van der Waals surface area (Å²) in [6.07, 6.45) is -4.13. The summed E-state index contributed by atoms with van der Waals surface area (Å²) >= 11 is 0. The van der Waals surface area contributed by atoms with Crippen LogP contribution in [-0.2, 0) is 12.6 Å². The zero-order valence-corrected chi connectivity index (χ0v) is 16.1. The van der Waals surface area contributed by atoms with E-state index in [9.17, 15) is 13.2 Å². The molecule has 7 heteroatoms. The van der Waals surface area contributed by atoms with Crippen LogP contribution in [0.25, 0.3) is 10.9 Å². The number of rotatable bonds is 4. The molecule has 0 radical (unpaired) electrons. The number of alkyl halides is 3. The second-order valence-electron chi connectivity index (χ2n) is 7.35. The van der Waals surface area contributed by atoms with Gasteiger partial charge in [0.05, 0.1) is 34.3 Å². The molecule has 0 saturated carbocycles. The molecule has 1 N–H and O–H groups in total. The van der Waals surface area contributed by atoms with Gasteiger partial charge in [-0.25, -0.2) is 4.98 Å². The maximum Gasteiger partial charge on any atom is 0.417 e. The van der Waals surface area contributed by atoms with Crippen molar-refractivity contribution in [3.05, 3.63) is 59.7 Å². The van der Waals surface area contributed by atoms with Crippen molar-refractivity contribution in [3.8, 4) is 11.6 Å². The first-order chi connectivity index (χ1) is 13.8. The smallest absolute Gasteiger partial charge is 0.417 e. The topological polar surface area (TPSA) is 43.4 Å². The molecule has 0 fully saturated rings. The van der Waals surface area contributed by atoms with Gasteiger partial charge >= 0.3 is 6.18 Å². The Labute approximate surface area is 166 Å². The van der Waals surface area contributed by atoms with E-state index in [1.165, 1.54) is 0 Å². The number of aromatic nitrogens is 1. The quantitative estimate of drug-likeness (QED) is 0.630. The van der Waals surface area contributed by atoms with Gasteiger partial charge in [0.1, 0.15) is 6.61 Å². The van der Waals surface area contributed by atoms with E-state index in [1.807, 2.05) is 30.3 Å². The third-order valence-electron chi connectivity index (χ3n) is 4.68. The standard InChI is InChI=1S/C22H21F3N2O2/c1-13(2)29-19-11-16(22(23,24)25)20-17(27-19)8-9-18-21(20)28-12-15(26-18)10-14-6-4-3-5-7-14/h3-9,11,13,15,26H,10,12H2,1-2H3/t15-/m1/s1. The second-order valence-corrected chi connectivity index (χ2v) is 7.35. The molecule has 2 aromatic carbocycles. The monoisotopic (exact) mass is 402 g/mol. The number of fused-ring (bicyclic) bond motifs is 3. The molecule has 4 rings (SSSR count). The van der Waals surface area contributed by atoms with Crippen LogP contribution in [0, 0.1) is 0 Å². The van der Waals surface area contributed by atoms with Crippen LogP contribution >= 0.6 is 0 Å². The molecule has 2 heterocycles. The van der Waals surface area contributed by atoms with Crippen LogP contribution in [0.4, 0.5) is 18.9 Å². The highest BCUT2D eigenvalue weighted by atomic mass is 19.4. The van der Waals surface area contributed by atoms with Gasteiger partial charge < -0.3 is 14.8 Å². The van der Waals surface area contributed by atoms with Gasteiger partial charge in [0.15, 0.2) is 5.75 Å². The lowest BCUT2D eigenvalue weighted by Crippen LogP contribution is -2.33. The Hall–Kier alpha value is -2.96. The van der Waals surface area contributed by atoms with Crippen LogP contribution in [0.2, 0.25) is 0 Å². The third kappa shape index (κ3) is 4.09. The molecule has 3 aromatic rings. The van der Waals surface area contributed by atoms with Crippen LogP contribution < -0.4 is 14.8 Å². The number of benzene rings is 2. The molecule has 152 valence electrons. The molecule has 0 bridgehead atoms. The lowest BCUT2D eigenvalue weighted by Gasteiger charge is -2.29. The van der Waals surface area contributed by atoms with E-state index in [-0.39, 0.29) is 41.3 Å². The minimum Gasteiger partial charge on any atom is -0.489 e. The van der Waals surface area contributed by atoms with Crippen molar-refractivity contribution < 1.29 is 22.6 Å². The highest BCUT2D eigenvalue weighted by Gasteiger charge is 2.36. The molecule has 1 aliphatic heterocycles. The van der Waals surface area contributed by atoms with Gasteiger partial charge in [0, 0.05) is 6.07 Å². The summed E-state index contributed by atoms with van der Waals surface area (Å²) in [6.45, 7) is 3.75. The van der Waals surface area contributed by atoms with E-state index < -0.39 is 11.7 Å². The Kier molecular flexibility index (Phi) is 4.98. The first-order valence-electron chi connectivity index (χ1n) is 9.46. The first kappa shape index (κ1) is 19.4. The fourth-order valence-corrected chi connectivity index (χ4v) is 3.52. The number of nitrogens with one attached hydrogen (secondary N) is 1. The normalized spacial score (nSPS) is 16.3. The van der Waals surface area contributed by atoms with Crippen molar-refractivity contribution in [2.45, 2.75) is 38.6 Å². The van der Waals surface area contributed by atoms with Crippen molar-refractivity contribution in [3.63, 3.8) is 0 Å². The Morgan fingerprint density at radius 3 is 2.62 bits per heavy atom. The van der Waals surface area contributed by atoms with Gasteiger partial charge in [-0.3, -0.25) is 0 Å². The van der Waals surface area contributed by atoms with E-state index in [0.29, 0.717) is 12.1 Å². The van der Waals surface area contributed by atoms with Crippen LogP contribution in [0.3, 0.4) is 0 Å². The van der Waals surface area contributed by atoms with Gasteiger partial charge in [-0.1, -0.05) is 30.3 Å². The molecule has 0 amide bonds. The number of ether oxygens (including phenoxy) is 2. The van der Waals surface area contributed by atoms with Gasteiger partial charge in [0.25, 0.3) is 0 Å². The summed E-state index contributed by atoms with van der Waals surface area (Å²) in [5.41, 5.74) is 1.05. The Morgan fingerprint density at radius 2 is 1.93 bits per heavy atom. The zero-order valence-electron chi connectivity index (χ0n) is 16.1. The average Bonchev–Trinajstić information content (AvgIpc) is 2.66. The van der Waals surface area contributed by atoms with Crippen molar-refractivity contribution in [2.75, 3.05) is 11.9 Å². The lowest BCUT2D eigenvalue weighted by molar-refractivity contribution is -0.136. The third-order valence-corrected chi connectivity index (χ3v) is 4.68. The number of nitrogens with zero attached hydrogens (tertiary/aromatic N) is 1. The molecule has 29 heavy (non-hydrogen) atoms. The molecular formula is C22H21F3N2O2. The predicted octanol–water partition coefficient (Wildman–Crippen LogP) is 5.46. The number of halogens is 3. The minimum atomic E-state index is -4.56. The zero-order chi connectivity index (χ0) is 20.6. The first-order valence-corrected chi connectivity index (χ1v) is 9.46. The van der Waals surface area contributed by atoms with E-state index in [4.69, 9.17) is 9.47 Å². The van der Waals surface area contributed by atoms with Gasteiger partial charge in [-0.2, -0.15) is 13.2 Å². The average molecular weight is 402 g/mol. The van der Waals surface area contributed by atoms with Crippen molar-refractivity contribution >= 4 is 16.6 Å². The SMILES string of the molecule is CC(C)Oc1cc(C(F)(F)F)c2c3c(ccc2n1)N[C@H](Cc1ccccc1)CO3. The highest BCUT2D eigenvalue weighted by Crippen LogP contribution is 2.44. The van der Waals surface area contributed by atoms with E-state index >= 15 is 0 Å². The second kappa shape index (κ2) is 7.46. The number of hydrogen-bond donors (Lipinski definition) is 1. The molecule has 0 saturated heterocycles. The maximum absolute atomic E-state index is 13.8. The molecule has 4 nitrogen and oxygen atoms in total. The van der Waals surface area contributed by atoms with Crippen molar-refractivity contribution in [1.82, 2.24) is 4.98 Å². The summed E-state index contributed by atoms with van der Waals surface area (Å²) < 4.78 is 52.7. The molecule has 0 unspecified atom stereocenters. The minimum absolute atomic E-state index is 0.0341. The van der Waals surface area contributed by atoms with Crippen LogP contribution in [-0.4, -0.2) is 23.7 Å². The molecule has 1 atom stereocenters. The van der Waals surface area contributed by atoms with E-state index in [1.54, 1.807) is 26.0 Å². The molecule has 0 aliphatic carbocycles. The van der Waals surface area contributed by atoms with Crippen molar-refractivity contribution in [1.29, 1.82) is 0 Å². The fourth-order valence-electron chi connectivity index (χ4n) is 3.52. The Bertz CT molecular complexity index is 1020. The maximum atomic E-state index is 13.8. The fraction of sp³-hybridized carbons (Fsp3) is 0.318. The largest absolute Gasteiger partial charge is 0.489 e. The van der Waals surface area contributed by atoms with Crippen LogP contribution in [0.5, 0.6) is 11.6 Å².